The van der Waals surface area contributed by atoms with Crippen molar-refractivity contribution < 1.29 is 59.9 Å². The van der Waals surface area contributed by atoms with E-state index in [1.54, 1.807) is 0 Å². The minimum absolute atomic E-state index is 0. The van der Waals surface area contributed by atoms with Crippen LogP contribution in [0.1, 0.15) is 0 Å². The molecule has 2 aromatic carbocycles. The summed E-state index contributed by atoms with van der Waals surface area (Å²) < 4.78 is 5.42. The SMILES string of the molecule is Oc1cc(O)c2cc(O)c(-c3cc(O)c(O)c(O)c3)[o+]c2c1.[Cl-].[Cl-]. The molecule has 128 valence electrons. The van der Waals surface area contributed by atoms with Gasteiger partial charge in [0.25, 0.3) is 0 Å². The first-order valence-corrected chi connectivity index (χ1v) is 6.14. The lowest BCUT2D eigenvalue weighted by Crippen LogP contribution is -3.00. The fourth-order valence-electron chi connectivity index (χ4n) is 2.13. The molecule has 0 amide bonds. The van der Waals surface area contributed by atoms with Crippen molar-refractivity contribution >= 4 is 11.0 Å². The predicted octanol–water partition coefficient (Wildman–Crippen LogP) is -3.38. The largest absolute Gasteiger partial charge is 1.00 e. The van der Waals surface area contributed by atoms with Gasteiger partial charge in [-0.1, -0.05) is 0 Å². The molecule has 0 unspecified atom stereocenters. The Hall–Kier alpha value is -2.77. The summed E-state index contributed by atoms with van der Waals surface area (Å²) in [5, 5.41) is 57.8. The van der Waals surface area contributed by atoms with Gasteiger partial charge in [0.15, 0.2) is 17.2 Å². The number of hydrogen-bond acceptors (Lipinski definition) is 6. The maximum atomic E-state index is 10.0. The number of rotatable bonds is 1. The molecular weight excluding hydrogens is 363 g/mol. The van der Waals surface area contributed by atoms with E-state index in [4.69, 9.17) is 4.42 Å². The van der Waals surface area contributed by atoms with E-state index in [-0.39, 0.29) is 64.4 Å². The molecule has 3 rings (SSSR count). The Labute approximate surface area is 147 Å². The van der Waals surface area contributed by atoms with Crippen LogP contribution in [0.4, 0.5) is 0 Å². The Morgan fingerprint density at radius 3 is 1.79 bits per heavy atom. The molecule has 0 aliphatic rings. The minimum atomic E-state index is -0.695. The molecule has 0 spiro atoms. The summed E-state index contributed by atoms with van der Waals surface area (Å²) in [4.78, 5) is 0. The van der Waals surface area contributed by atoms with Crippen LogP contribution in [0.15, 0.2) is 34.7 Å². The molecule has 9 heteroatoms. The van der Waals surface area contributed by atoms with Gasteiger partial charge >= 0.3 is 11.3 Å². The summed E-state index contributed by atoms with van der Waals surface area (Å²) in [5.41, 5.74) is 0.174. The molecule has 1 aromatic heterocycles. The van der Waals surface area contributed by atoms with Crippen LogP contribution in [-0.2, 0) is 0 Å². The summed E-state index contributed by atoms with van der Waals surface area (Å²) in [6.07, 6.45) is 0. The Bertz CT molecular complexity index is 889. The third-order valence-electron chi connectivity index (χ3n) is 3.16. The quantitative estimate of drug-likeness (QED) is 0.194. The zero-order valence-electron chi connectivity index (χ0n) is 11.7. The third kappa shape index (κ3) is 3.12. The average molecular weight is 374 g/mol. The van der Waals surface area contributed by atoms with Crippen LogP contribution in [0.25, 0.3) is 22.3 Å². The van der Waals surface area contributed by atoms with Gasteiger partial charge in [0.05, 0.1) is 11.6 Å². The third-order valence-corrected chi connectivity index (χ3v) is 3.16. The second kappa shape index (κ2) is 6.77. The van der Waals surface area contributed by atoms with Gasteiger partial charge in [-0.05, 0) is 0 Å². The van der Waals surface area contributed by atoms with Gasteiger partial charge in [-0.3, -0.25) is 0 Å². The van der Waals surface area contributed by atoms with Crippen LogP contribution >= 0.6 is 0 Å². The molecular formula is C15H11Cl2O7-. The van der Waals surface area contributed by atoms with E-state index in [0.29, 0.717) is 0 Å². The Kier molecular flexibility index (Phi) is 5.44. The van der Waals surface area contributed by atoms with Gasteiger partial charge < -0.3 is 55.5 Å². The van der Waals surface area contributed by atoms with Crippen molar-refractivity contribution in [3.05, 3.63) is 30.3 Å². The fraction of sp³-hybridized carbons (Fsp3) is 0. The smallest absolute Gasteiger partial charge is 0.402 e. The van der Waals surface area contributed by atoms with Crippen LogP contribution in [0, 0.1) is 0 Å². The molecule has 0 fully saturated rings. The van der Waals surface area contributed by atoms with Gasteiger partial charge in [0.2, 0.25) is 5.75 Å². The van der Waals surface area contributed by atoms with Crippen LogP contribution in [-0.4, -0.2) is 30.6 Å². The Morgan fingerprint density at radius 2 is 1.21 bits per heavy atom. The molecule has 0 saturated carbocycles. The summed E-state index contributed by atoms with van der Waals surface area (Å²) in [5.74, 6) is -2.88. The minimum Gasteiger partial charge on any atom is -1.00 e. The highest BCUT2D eigenvalue weighted by molar-refractivity contribution is 5.88. The summed E-state index contributed by atoms with van der Waals surface area (Å²) in [6, 6.07) is 5.71. The first-order chi connectivity index (χ1) is 10.4. The molecule has 0 atom stereocenters. The predicted molar refractivity (Wildman–Crippen MR) is 76.0 cm³/mol. The van der Waals surface area contributed by atoms with E-state index in [1.165, 1.54) is 12.1 Å². The van der Waals surface area contributed by atoms with Gasteiger partial charge in [0, 0.05) is 24.3 Å². The molecule has 0 aliphatic heterocycles. The van der Waals surface area contributed by atoms with E-state index in [1.807, 2.05) is 0 Å². The summed E-state index contributed by atoms with van der Waals surface area (Å²) in [7, 11) is 0. The molecule has 0 radical (unpaired) electrons. The van der Waals surface area contributed by atoms with Crippen molar-refractivity contribution in [3.8, 4) is 45.8 Å². The molecule has 6 N–H and O–H groups in total. The lowest BCUT2D eigenvalue weighted by atomic mass is 10.1. The number of fused-ring (bicyclic) bond motifs is 1. The summed E-state index contributed by atoms with van der Waals surface area (Å²) >= 11 is 0. The van der Waals surface area contributed by atoms with Crippen LogP contribution in [0.3, 0.4) is 0 Å². The topological polar surface area (TPSA) is 133 Å². The van der Waals surface area contributed by atoms with Crippen molar-refractivity contribution in [3.63, 3.8) is 0 Å². The number of benzene rings is 2. The van der Waals surface area contributed by atoms with Crippen molar-refractivity contribution in [2.24, 2.45) is 0 Å². The highest BCUT2D eigenvalue weighted by Crippen LogP contribution is 2.43. The second-order valence-corrected chi connectivity index (χ2v) is 4.70. The number of hydrogen-bond donors (Lipinski definition) is 6. The van der Waals surface area contributed by atoms with Crippen LogP contribution in [0.5, 0.6) is 34.5 Å². The van der Waals surface area contributed by atoms with Gasteiger partial charge in [0.1, 0.15) is 16.9 Å². The van der Waals surface area contributed by atoms with Crippen molar-refractivity contribution in [2.45, 2.75) is 0 Å². The molecule has 7 nitrogen and oxygen atoms in total. The van der Waals surface area contributed by atoms with Crippen molar-refractivity contribution in [1.82, 2.24) is 0 Å². The standard InChI is InChI=1S/C15H10O7.2ClH/c16-7-3-9(17)8-5-12(20)15(22-13(8)4-7)6-1-10(18)14(21)11(19)2-6;;/h1-5H,(H5-,16,17,18,19,20,21);2*1H/p-1. The van der Waals surface area contributed by atoms with Gasteiger partial charge in [-0.25, -0.2) is 4.42 Å². The maximum Gasteiger partial charge on any atom is 0.402 e. The molecule has 3 aromatic rings. The Balaban J connectivity index is 0.00000144. The number of phenolic OH excluding ortho intramolecular Hbond substituents is 5. The van der Waals surface area contributed by atoms with E-state index in [9.17, 15) is 30.6 Å². The lowest BCUT2D eigenvalue weighted by molar-refractivity contribution is -0.001000. The first kappa shape index (κ1) is 19.3. The maximum absolute atomic E-state index is 10.0. The Morgan fingerprint density at radius 1 is 0.625 bits per heavy atom. The monoisotopic (exact) mass is 373 g/mol. The molecule has 0 aliphatic carbocycles. The highest BCUT2D eigenvalue weighted by Gasteiger charge is 2.25. The van der Waals surface area contributed by atoms with E-state index < -0.39 is 17.2 Å². The average Bonchev–Trinajstić information content (AvgIpc) is 2.44. The van der Waals surface area contributed by atoms with Crippen molar-refractivity contribution in [2.75, 3.05) is 0 Å². The normalized spacial score (nSPS) is 10.0. The van der Waals surface area contributed by atoms with E-state index in [2.05, 4.69) is 0 Å². The lowest BCUT2D eigenvalue weighted by Gasteiger charge is -2.03. The fourth-order valence-corrected chi connectivity index (χ4v) is 2.13. The van der Waals surface area contributed by atoms with E-state index in [0.717, 1.165) is 18.2 Å². The number of halogens is 2. The number of aromatic hydroxyl groups is 6. The zero-order valence-corrected chi connectivity index (χ0v) is 13.2. The molecule has 0 bridgehead atoms. The van der Waals surface area contributed by atoms with Gasteiger partial charge in [-0.15, -0.1) is 0 Å². The molecule has 1 heterocycles. The number of phenols is 5. The molecule has 24 heavy (non-hydrogen) atoms. The van der Waals surface area contributed by atoms with Gasteiger partial charge in [-0.2, -0.15) is 0 Å². The zero-order chi connectivity index (χ0) is 16.0. The summed E-state index contributed by atoms with van der Waals surface area (Å²) in [6.45, 7) is 0. The highest BCUT2D eigenvalue weighted by atomic mass is 35.5. The van der Waals surface area contributed by atoms with Crippen molar-refractivity contribution in [1.29, 1.82) is 0 Å². The molecule has 0 saturated heterocycles. The second-order valence-electron chi connectivity index (χ2n) is 4.70. The van der Waals surface area contributed by atoms with E-state index >= 15 is 0 Å². The van der Waals surface area contributed by atoms with Crippen LogP contribution < -0.4 is 24.8 Å². The van der Waals surface area contributed by atoms with Crippen LogP contribution in [0.2, 0.25) is 0 Å². The first-order valence-electron chi connectivity index (χ1n) is 6.14.